The van der Waals surface area contributed by atoms with Crippen LogP contribution in [0.25, 0.3) is 0 Å². The Morgan fingerprint density at radius 1 is 1.62 bits per heavy atom. The molecule has 1 aliphatic carbocycles. The largest absolute Gasteiger partial charge is 0.513 e. The molecule has 13 heavy (non-hydrogen) atoms. The van der Waals surface area contributed by atoms with Crippen LogP contribution in [-0.4, -0.2) is 30.9 Å². The van der Waals surface area contributed by atoms with Gasteiger partial charge in [-0.1, -0.05) is 0 Å². The van der Waals surface area contributed by atoms with Gasteiger partial charge in [-0.25, -0.2) is 4.79 Å². The highest BCUT2D eigenvalue weighted by molar-refractivity contribution is 5.80. The average molecular weight is 186 g/mol. The highest BCUT2D eigenvalue weighted by atomic mass is 16.6. The number of hydrogen-bond acceptors (Lipinski definition) is 4. The summed E-state index contributed by atoms with van der Waals surface area (Å²) >= 11 is 0. The molecule has 0 amide bonds. The van der Waals surface area contributed by atoms with Crippen molar-refractivity contribution < 1.29 is 19.4 Å². The molecule has 4 nitrogen and oxygen atoms in total. The van der Waals surface area contributed by atoms with Gasteiger partial charge in [0.15, 0.2) is 5.60 Å². The Morgan fingerprint density at radius 3 is 2.69 bits per heavy atom. The first-order valence-electron chi connectivity index (χ1n) is 4.16. The summed E-state index contributed by atoms with van der Waals surface area (Å²) in [4.78, 5) is 11.4. The summed E-state index contributed by atoms with van der Waals surface area (Å²) < 4.78 is 9.79. The number of aliphatic hydroxyl groups is 1. The first-order valence-corrected chi connectivity index (χ1v) is 4.16. The van der Waals surface area contributed by atoms with Gasteiger partial charge in [-0.15, -0.1) is 0 Å². The number of aliphatic hydroxyl groups excluding tert-OH is 1. The quantitative estimate of drug-likeness (QED) is 0.658. The first kappa shape index (κ1) is 10.1. The van der Waals surface area contributed by atoms with E-state index in [9.17, 15) is 4.79 Å². The molecule has 1 rings (SSSR count). The molecule has 0 saturated carbocycles. The molecule has 1 atom stereocenters. The molecule has 0 aromatic carbocycles. The van der Waals surface area contributed by atoms with Crippen molar-refractivity contribution in [2.24, 2.45) is 0 Å². The van der Waals surface area contributed by atoms with Gasteiger partial charge in [-0.3, -0.25) is 0 Å². The molecule has 0 heterocycles. The number of carbonyl (C=O) groups is 1. The Labute approximate surface area is 77.1 Å². The van der Waals surface area contributed by atoms with Crippen LogP contribution >= 0.6 is 0 Å². The highest BCUT2D eigenvalue weighted by Crippen LogP contribution is 2.30. The zero-order chi connectivity index (χ0) is 9.90. The number of methoxy groups -OCH3 is 2. The molecule has 0 bridgehead atoms. The average Bonchev–Trinajstić information content (AvgIpc) is 2.18. The lowest BCUT2D eigenvalue weighted by molar-refractivity contribution is -0.167. The summed E-state index contributed by atoms with van der Waals surface area (Å²) in [6.07, 6.45) is 2.91. The summed E-state index contributed by atoms with van der Waals surface area (Å²) in [6.45, 7) is 0. The van der Waals surface area contributed by atoms with Crippen LogP contribution in [-0.2, 0) is 14.3 Å². The van der Waals surface area contributed by atoms with E-state index in [4.69, 9.17) is 9.84 Å². The van der Waals surface area contributed by atoms with Gasteiger partial charge in [0, 0.05) is 20.0 Å². The number of allylic oxidation sites excluding steroid dienone is 1. The lowest BCUT2D eigenvalue weighted by Crippen LogP contribution is -2.42. The zero-order valence-electron chi connectivity index (χ0n) is 7.87. The van der Waals surface area contributed by atoms with E-state index in [1.165, 1.54) is 14.2 Å². The van der Waals surface area contributed by atoms with Crippen LogP contribution in [0.1, 0.15) is 19.3 Å². The maximum atomic E-state index is 11.4. The van der Waals surface area contributed by atoms with Gasteiger partial charge in [0.05, 0.1) is 12.9 Å². The summed E-state index contributed by atoms with van der Waals surface area (Å²) in [7, 11) is 2.81. The molecule has 0 radical (unpaired) electrons. The number of carbonyl (C=O) groups excluding carboxylic acids is 1. The summed E-state index contributed by atoms with van der Waals surface area (Å²) in [6, 6.07) is 0. The summed E-state index contributed by atoms with van der Waals surface area (Å²) in [5, 5.41) is 9.14. The van der Waals surface area contributed by atoms with Crippen molar-refractivity contribution in [3.05, 3.63) is 11.8 Å². The zero-order valence-corrected chi connectivity index (χ0v) is 7.87. The molecule has 1 unspecified atom stereocenters. The third-order valence-corrected chi connectivity index (χ3v) is 2.40. The van der Waals surface area contributed by atoms with Gasteiger partial charge in [0.25, 0.3) is 0 Å². The Bertz CT molecular complexity index is 234. The fraction of sp³-hybridized carbons (Fsp3) is 0.667. The fourth-order valence-corrected chi connectivity index (χ4v) is 1.46. The number of esters is 1. The maximum Gasteiger partial charge on any atom is 0.338 e. The molecule has 0 saturated heterocycles. The third kappa shape index (κ3) is 1.83. The maximum absolute atomic E-state index is 11.4. The van der Waals surface area contributed by atoms with Gasteiger partial charge in [-0.05, 0) is 12.5 Å². The van der Waals surface area contributed by atoms with Gasteiger partial charge in [-0.2, -0.15) is 0 Å². The van der Waals surface area contributed by atoms with Crippen LogP contribution in [0.15, 0.2) is 11.8 Å². The molecule has 0 spiro atoms. The van der Waals surface area contributed by atoms with E-state index in [0.29, 0.717) is 25.0 Å². The number of rotatable bonds is 2. The van der Waals surface area contributed by atoms with E-state index in [1.807, 2.05) is 0 Å². The minimum Gasteiger partial charge on any atom is -0.513 e. The SMILES string of the molecule is COC(=O)C1(OC)CC=C(O)CC1. The molecular formula is C9H14O4. The van der Waals surface area contributed by atoms with E-state index < -0.39 is 5.60 Å². The Morgan fingerprint density at radius 2 is 2.31 bits per heavy atom. The van der Waals surface area contributed by atoms with Crippen LogP contribution < -0.4 is 0 Å². The van der Waals surface area contributed by atoms with Crippen molar-refractivity contribution >= 4 is 5.97 Å². The highest BCUT2D eigenvalue weighted by Gasteiger charge is 2.40. The minimum atomic E-state index is -0.888. The Hall–Kier alpha value is -1.03. The third-order valence-electron chi connectivity index (χ3n) is 2.40. The first-order chi connectivity index (χ1) is 6.14. The molecule has 1 N–H and O–H groups in total. The molecule has 0 fully saturated rings. The van der Waals surface area contributed by atoms with Gasteiger partial charge >= 0.3 is 5.97 Å². The van der Waals surface area contributed by atoms with E-state index in [0.717, 1.165) is 0 Å². The van der Waals surface area contributed by atoms with Crippen molar-refractivity contribution in [1.29, 1.82) is 0 Å². The van der Waals surface area contributed by atoms with Crippen LogP contribution in [0.3, 0.4) is 0 Å². The van der Waals surface area contributed by atoms with E-state index >= 15 is 0 Å². The lowest BCUT2D eigenvalue weighted by atomic mass is 9.88. The van der Waals surface area contributed by atoms with E-state index in [2.05, 4.69) is 4.74 Å². The predicted molar refractivity (Wildman–Crippen MR) is 46.3 cm³/mol. The second-order valence-electron chi connectivity index (χ2n) is 3.09. The van der Waals surface area contributed by atoms with Crippen molar-refractivity contribution in [2.75, 3.05) is 14.2 Å². The topological polar surface area (TPSA) is 55.8 Å². The van der Waals surface area contributed by atoms with E-state index in [1.54, 1.807) is 6.08 Å². The molecule has 1 aliphatic rings. The van der Waals surface area contributed by atoms with Crippen LogP contribution in [0.5, 0.6) is 0 Å². The molecule has 0 aliphatic heterocycles. The van der Waals surface area contributed by atoms with E-state index in [-0.39, 0.29) is 5.97 Å². The fourth-order valence-electron chi connectivity index (χ4n) is 1.46. The van der Waals surface area contributed by atoms with Crippen LogP contribution in [0.4, 0.5) is 0 Å². The predicted octanol–water partition coefficient (Wildman–Crippen LogP) is 1.17. The molecule has 74 valence electrons. The molecular weight excluding hydrogens is 172 g/mol. The van der Waals surface area contributed by atoms with Crippen LogP contribution in [0.2, 0.25) is 0 Å². The smallest absolute Gasteiger partial charge is 0.338 e. The second kappa shape index (κ2) is 3.79. The monoisotopic (exact) mass is 186 g/mol. The molecule has 0 aromatic rings. The molecule has 4 heteroatoms. The van der Waals surface area contributed by atoms with Crippen molar-refractivity contribution in [3.8, 4) is 0 Å². The van der Waals surface area contributed by atoms with Crippen molar-refractivity contribution in [2.45, 2.75) is 24.9 Å². The van der Waals surface area contributed by atoms with Gasteiger partial charge < -0.3 is 14.6 Å². The summed E-state index contributed by atoms with van der Waals surface area (Å²) in [5.41, 5.74) is -0.888. The second-order valence-corrected chi connectivity index (χ2v) is 3.09. The van der Waals surface area contributed by atoms with Crippen LogP contribution in [0, 0.1) is 0 Å². The normalized spacial score (nSPS) is 28.0. The Kier molecular flexibility index (Phi) is 2.93. The van der Waals surface area contributed by atoms with Crippen molar-refractivity contribution in [1.82, 2.24) is 0 Å². The lowest BCUT2D eigenvalue weighted by Gasteiger charge is -2.30. The van der Waals surface area contributed by atoms with Crippen molar-refractivity contribution in [3.63, 3.8) is 0 Å². The molecule has 0 aromatic heterocycles. The summed E-state index contributed by atoms with van der Waals surface area (Å²) in [5.74, 6) is -0.0599. The number of hydrogen-bond donors (Lipinski definition) is 1. The standard InChI is InChI=1S/C9H14O4/c1-12-8(11)9(13-2)5-3-7(10)4-6-9/h3,10H,4-6H2,1-2H3. The minimum absolute atomic E-state index is 0.316. The van der Waals surface area contributed by atoms with Gasteiger partial charge in [0.1, 0.15) is 0 Å². The van der Waals surface area contributed by atoms with Gasteiger partial charge in [0.2, 0.25) is 0 Å². The number of ether oxygens (including phenoxy) is 2. The Balaban J connectivity index is 2.78.